The lowest BCUT2D eigenvalue weighted by Gasteiger charge is -2.39. The molecule has 2 rings (SSSR count). The van der Waals surface area contributed by atoms with Crippen LogP contribution in [0.4, 0.5) is 0 Å². The largest absolute Gasteiger partial charge is 0.457 e. The number of carbonyl (C=O) groups excluding carboxylic acids is 1. The Morgan fingerprint density at radius 1 is 1.35 bits per heavy atom. The summed E-state index contributed by atoms with van der Waals surface area (Å²) in [6, 6.07) is 0. The summed E-state index contributed by atoms with van der Waals surface area (Å²) < 4.78 is 12.0. The number of hydrogen-bond donors (Lipinski definition) is 0. The summed E-state index contributed by atoms with van der Waals surface area (Å²) in [6.45, 7) is 12.9. The molecule has 4 heteroatoms. The third kappa shape index (κ3) is 3.63. The van der Waals surface area contributed by atoms with Crippen molar-refractivity contribution >= 4 is 5.97 Å². The summed E-state index contributed by atoms with van der Waals surface area (Å²) in [5, 5.41) is 0. The highest BCUT2D eigenvalue weighted by Gasteiger charge is 2.61. The average Bonchev–Trinajstić information content (AvgIpc) is 2.77. The van der Waals surface area contributed by atoms with Gasteiger partial charge >= 0.3 is 5.97 Å². The highest BCUT2D eigenvalue weighted by atomic mass is 16.5. The first-order chi connectivity index (χ1) is 10.6. The number of carbonyl (C=O) groups is 1. The van der Waals surface area contributed by atoms with Crippen molar-refractivity contribution in [3.05, 3.63) is 12.7 Å². The van der Waals surface area contributed by atoms with Crippen molar-refractivity contribution in [1.82, 2.24) is 0 Å². The maximum atomic E-state index is 11.8. The SMILES string of the molecule is C=CCOC(=O)C[N+](C)(C)CCO[C@H]1C[C@H]2CC[C@@]1(C)C2(C)C. The zero-order valence-corrected chi connectivity index (χ0v) is 15.6. The molecule has 132 valence electrons. The Labute approximate surface area is 141 Å². The van der Waals surface area contributed by atoms with E-state index in [1.807, 2.05) is 14.1 Å². The molecule has 0 heterocycles. The van der Waals surface area contributed by atoms with Crippen LogP contribution in [0.1, 0.15) is 40.0 Å². The van der Waals surface area contributed by atoms with Crippen LogP contribution in [-0.2, 0) is 14.3 Å². The standard InChI is InChI=1S/C19H34NO3/c1-7-11-23-17(21)14-20(5,6)10-12-22-16-13-15-8-9-19(16,4)18(15,2)3/h7,15-16H,1,8-14H2,2-6H3/q+1/t15-,16+,19-/m1/s1. The third-order valence-electron chi connectivity index (χ3n) is 6.65. The summed E-state index contributed by atoms with van der Waals surface area (Å²) in [7, 11) is 4.09. The van der Waals surface area contributed by atoms with Gasteiger partial charge in [-0.25, -0.2) is 4.79 Å². The summed E-state index contributed by atoms with van der Waals surface area (Å²) in [6.07, 6.45) is 5.78. The van der Waals surface area contributed by atoms with Gasteiger partial charge in [0.1, 0.15) is 13.2 Å². The molecule has 0 aromatic heterocycles. The van der Waals surface area contributed by atoms with Gasteiger partial charge in [-0.1, -0.05) is 33.4 Å². The van der Waals surface area contributed by atoms with Gasteiger partial charge < -0.3 is 14.0 Å². The lowest BCUT2D eigenvalue weighted by molar-refractivity contribution is -0.883. The van der Waals surface area contributed by atoms with E-state index in [1.54, 1.807) is 6.08 Å². The van der Waals surface area contributed by atoms with Crippen LogP contribution in [0.25, 0.3) is 0 Å². The molecule has 2 saturated carbocycles. The summed E-state index contributed by atoms with van der Waals surface area (Å²) in [4.78, 5) is 11.8. The maximum absolute atomic E-state index is 11.8. The van der Waals surface area contributed by atoms with E-state index in [2.05, 4.69) is 27.4 Å². The molecule has 4 nitrogen and oxygen atoms in total. The molecule has 0 spiro atoms. The first-order valence-corrected chi connectivity index (χ1v) is 8.82. The molecule has 2 fully saturated rings. The van der Waals surface area contributed by atoms with Gasteiger partial charge in [-0.3, -0.25) is 0 Å². The van der Waals surface area contributed by atoms with E-state index in [0.29, 0.717) is 34.6 Å². The van der Waals surface area contributed by atoms with Crippen LogP contribution in [-0.4, -0.2) is 57.0 Å². The minimum Gasteiger partial charge on any atom is -0.457 e. The highest BCUT2D eigenvalue weighted by Crippen LogP contribution is 2.66. The Bertz CT molecular complexity index is 458. The number of quaternary nitrogens is 1. The van der Waals surface area contributed by atoms with Crippen LogP contribution in [0, 0.1) is 16.7 Å². The monoisotopic (exact) mass is 324 g/mol. The van der Waals surface area contributed by atoms with E-state index in [4.69, 9.17) is 9.47 Å². The predicted octanol–water partition coefficient (Wildman–Crippen LogP) is 3.02. The number of likely N-dealkylation sites (N-methyl/N-ethyl adjacent to an activating group) is 1. The quantitative estimate of drug-likeness (QED) is 0.391. The van der Waals surface area contributed by atoms with Gasteiger partial charge in [0.05, 0.1) is 26.8 Å². The van der Waals surface area contributed by atoms with E-state index < -0.39 is 0 Å². The smallest absolute Gasteiger partial charge is 0.362 e. The maximum Gasteiger partial charge on any atom is 0.362 e. The molecule has 2 aliphatic rings. The van der Waals surface area contributed by atoms with E-state index >= 15 is 0 Å². The molecular weight excluding hydrogens is 290 g/mol. The van der Waals surface area contributed by atoms with E-state index in [0.717, 1.165) is 12.5 Å². The van der Waals surface area contributed by atoms with Crippen LogP contribution < -0.4 is 0 Å². The van der Waals surface area contributed by atoms with Gasteiger partial charge in [-0.2, -0.15) is 0 Å². The van der Waals surface area contributed by atoms with Crippen LogP contribution in [0.2, 0.25) is 0 Å². The Morgan fingerprint density at radius 3 is 2.57 bits per heavy atom. The van der Waals surface area contributed by atoms with Crippen molar-refractivity contribution in [3.8, 4) is 0 Å². The lowest BCUT2D eigenvalue weighted by Crippen LogP contribution is -2.47. The van der Waals surface area contributed by atoms with Gasteiger partial charge in [-0.05, 0) is 36.0 Å². The zero-order chi connectivity index (χ0) is 17.3. The van der Waals surface area contributed by atoms with Crippen LogP contribution in [0.15, 0.2) is 12.7 Å². The second kappa shape index (κ2) is 6.56. The fraction of sp³-hybridized carbons (Fsp3) is 0.842. The molecule has 0 aromatic rings. The highest BCUT2D eigenvalue weighted by molar-refractivity contribution is 5.70. The minimum atomic E-state index is -0.178. The van der Waals surface area contributed by atoms with E-state index in [9.17, 15) is 4.79 Å². The molecule has 0 aromatic carbocycles. The Balaban J connectivity index is 1.79. The second-order valence-electron chi connectivity index (χ2n) is 8.76. The number of nitrogens with zero attached hydrogens (tertiary/aromatic N) is 1. The molecule has 2 aliphatic carbocycles. The first kappa shape index (κ1) is 18.5. The first-order valence-electron chi connectivity index (χ1n) is 8.82. The number of rotatable bonds is 8. The Hall–Kier alpha value is -0.870. The summed E-state index contributed by atoms with van der Waals surface area (Å²) >= 11 is 0. The number of esters is 1. The van der Waals surface area contributed by atoms with Crippen molar-refractivity contribution in [2.75, 3.05) is 40.4 Å². The number of fused-ring (bicyclic) bond motifs is 2. The van der Waals surface area contributed by atoms with Gasteiger partial charge in [0.2, 0.25) is 0 Å². The Morgan fingerprint density at radius 2 is 2.04 bits per heavy atom. The van der Waals surface area contributed by atoms with Gasteiger partial charge in [0.15, 0.2) is 6.54 Å². The number of hydrogen-bond acceptors (Lipinski definition) is 3. The molecule has 0 radical (unpaired) electrons. The third-order valence-corrected chi connectivity index (χ3v) is 6.65. The molecule has 0 aliphatic heterocycles. The van der Waals surface area contributed by atoms with Gasteiger partial charge in [-0.15, -0.1) is 0 Å². The van der Waals surface area contributed by atoms with E-state index in [1.165, 1.54) is 19.3 Å². The normalized spacial score (nSPS) is 32.0. The van der Waals surface area contributed by atoms with Crippen molar-refractivity contribution in [1.29, 1.82) is 0 Å². The van der Waals surface area contributed by atoms with Crippen LogP contribution >= 0.6 is 0 Å². The lowest BCUT2D eigenvalue weighted by atomic mass is 9.70. The second-order valence-corrected chi connectivity index (χ2v) is 8.76. The fourth-order valence-corrected chi connectivity index (χ4v) is 4.45. The zero-order valence-electron chi connectivity index (χ0n) is 15.6. The predicted molar refractivity (Wildman–Crippen MR) is 92.0 cm³/mol. The summed E-state index contributed by atoms with van der Waals surface area (Å²) in [5.74, 6) is 0.622. The molecule has 0 N–H and O–H groups in total. The molecule has 2 bridgehead atoms. The average molecular weight is 324 g/mol. The molecule has 23 heavy (non-hydrogen) atoms. The van der Waals surface area contributed by atoms with Gasteiger partial charge in [0.25, 0.3) is 0 Å². The topological polar surface area (TPSA) is 35.5 Å². The van der Waals surface area contributed by atoms with Crippen LogP contribution in [0.3, 0.4) is 0 Å². The van der Waals surface area contributed by atoms with Crippen molar-refractivity contribution in [2.45, 2.75) is 46.1 Å². The van der Waals surface area contributed by atoms with Crippen molar-refractivity contribution in [3.63, 3.8) is 0 Å². The van der Waals surface area contributed by atoms with Crippen LogP contribution in [0.5, 0.6) is 0 Å². The molecule has 0 amide bonds. The summed E-state index contributed by atoms with van der Waals surface area (Å²) in [5.41, 5.74) is 0.689. The molecule has 3 atom stereocenters. The van der Waals surface area contributed by atoms with Crippen molar-refractivity contribution < 1.29 is 18.8 Å². The number of ether oxygens (including phenoxy) is 2. The Kier molecular flexibility index (Phi) is 5.27. The minimum absolute atomic E-state index is 0.178. The molecule has 0 saturated heterocycles. The fourth-order valence-electron chi connectivity index (χ4n) is 4.45. The van der Waals surface area contributed by atoms with E-state index in [-0.39, 0.29) is 12.6 Å². The van der Waals surface area contributed by atoms with Crippen molar-refractivity contribution in [2.24, 2.45) is 16.7 Å². The molecule has 0 unspecified atom stereocenters. The molecular formula is C19H34NO3+. The van der Waals surface area contributed by atoms with Gasteiger partial charge in [0, 0.05) is 0 Å².